The van der Waals surface area contributed by atoms with Gasteiger partial charge in [-0.25, -0.2) is 0 Å². The number of ketones is 1. The van der Waals surface area contributed by atoms with E-state index < -0.39 is 5.60 Å². The maximum atomic E-state index is 12.2. The van der Waals surface area contributed by atoms with Gasteiger partial charge in [0.15, 0.2) is 5.60 Å². The van der Waals surface area contributed by atoms with Crippen LogP contribution in [0, 0.1) is 0 Å². The van der Waals surface area contributed by atoms with Crippen LogP contribution in [0.1, 0.15) is 18.1 Å². The number of hydrogen-bond donors (Lipinski definition) is 0. The third-order valence-electron chi connectivity index (χ3n) is 3.37. The molecule has 0 radical (unpaired) electrons. The molecule has 1 aromatic carbocycles. The normalized spacial score (nSPS) is 22.1. The van der Waals surface area contributed by atoms with E-state index in [1.165, 1.54) is 0 Å². The fourth-order valence-electron chi connectivity index (χ4n) is 2.17. The first-order chi connectivity index (χ1) is 9.68. The van der Waals surface area contributed by atoms with E-state index in [-0.39, 0.29) is 5.78 Å². The number of carbonyl (C=O) groups is 1. The molecule has 20 heavy (non-hydrogen) atoms. The molecule has 0 saturated carbocycles. The summed E-state index contributed by atoms with van der Waals surface area (Å²) in [6, 6.07) is 11.6. The summed E-state index contributed by atoms with van der Waals surface area (Å²) in [7, 11) is 0. The Kier molecular flexibility index (Phi) is 3.28. The van der Waals surface area contributed by atoms with Crippen LogP contribution in [0.15, 0.2) is 65.1 Å². The predicted molar refractivity (Wildman–Crippen MR) is 81.3 cm³/mol. The zero-order valence-corrected chi connectivity index (χ0v) is 11.9. The lowest BCUT2D eigenvalue weighted by atomic mass is 9.92. The van der Waals surface area contributed by atoms with Gasteiger partial charge in [-0.1, -0.05) is 36.4 Å². The minimum absolute atomic E-state index is 0.0198. The van der Waals surface area contributed by atoms with Gasteiger partial charge in [-0.15, -0.1) is 0 Å². The van der Waals surface area contributed by atoms with E-state index in [1.807, 2.05) is 66.2 Å². The lowest BCUT2D eigenvalue weighted by Crippen LogP contribution is -2.29. The maximum absolute atomic E-state index is 12.2. The quantitative estimate of drug-likeness (QED) is 0.845. The van der Waals surface area contributed by atoms with Crippen LogP contribution in [0.5, 0.6) is 0 Å². The highest BCUT2D eigenvalue weighted by Gasteiger charge is 2.40. The lowest BCUT2D eigenvalue weighted by Gasteiger charge is -2.23. The Bertz CT molecular complexity index is 668. The maximum Gasteiger partial charge on any atom is 0.207 e. The number of benzene rings is 1. The standard InChI is InChI=1S/C17H14O2S/c1-17(14-5-3-2-4-6-14)16(18)11-15(19-17)8-7-13-9-10-20-12-13/h2-12H,1H3/b8-7+. The van der Waals surface area contributed by atoms with Gasteiger partial charge in [-0.05, 0) is 35.4 Å². The van der Waals surface area contributed by atoms with Crippen LogP contribution in [0.4, 0.5) is 0 Å². The van der Waals surface area contributed by atoms with Crippen molar-refractivity contribution in [2.24, 2.45) is 0 Å². The van der Waals surface area contributed by atoms with E-state index in [4.69, 9.17) is 4.74 Å². The van der Waals surface area contributed by atoms with Crippen molar-refractivity contribution in [3.63, 3.8) is 0 Å². The van der Waals surface area contributed by atoms with Crippen LogP contribution in [-0.4, -0.2) is 5.78 Å². The molecular formula is C17H14O2S. The van der Waals surface area contributed by atoms with Crippen LogP contribution in [0.3, 0.4) is 0 Å². The van der Waals surface area contributed by atoms with Gasteiger partial charge in [0.05, 0.1) is 0 Å². The molecule has 3 heteroatoms. The molecule has 100 valence electrons. The highest BCUT2D eigenvalue weighted by Crippen LogP contribution is 2.35. The van der Waals surface area contributed by atoms with Crippen molar-refractivity contribution in [1.29, 1.82) is 0 Å². The number of allylic oxidation sites excluding steroid dienone is 1. The molecule has 0 fully saturated rings. The number of ether oxygens (including phenoxy) is 1. The van der Waals surface area contributed by atoms with E-state index in [0.717, 1.165) is 11.1 Å². The molecule has 1 aliphatic rings. The molecule has 1 aliphatic heterocycles. The lowest BCUT2D eigenvalue weighted by molar-refractivity contribution is -0.129. The Balaban J connectivity index is 1.82. The molecule has 0 saturated heterocycles. The third kappa shape index (κ3) is 2.32. The summed E-state index contributed by atoms with van der Waals surface area (Å²) >= 11 is 1.64. The van der Waals surface area contributed by atoms with Crippen LogP contribution < -0.4 is 0 Å². The summed E-state index contributed by atoms with van der Waals surface area (Å²) in [5.74, 6) is 0.584. The van der Waals surface area contributed by atoms with Gasteiger partial charge in [0.25, 0.3) is 0 Å². The Morgan fingerprint density at radius 3 is 2.65 bits per heavy atom. The van der Waals surface area contributed by atoms with Gasteiger partial charge in [0.2, 0.25) is 5.78 Å². The fraction of sp³-hybridized carbons (Fsp3) is 0.118. The highest BCUT2D eigenvalue weighted by atomic mass is 32.1. The van der Waals surface area contributed by atoms with Crippen LogP contribution >= 0.6 is 11.3 Å². The largest absolute Gasteiger partial charge is 0.475 e. The second kappa shape index (κ2) is 5.10. The molecule has 1 unspecified atom stereocenters. The molecule has 0 aliphatic carbocycles. The van der Waals surface area contributed by atoms with Gasteiger partial charge >= 0.3 is 0 Å². The van der Waals surface area contributed by atoms with Gasteiger partial charge in [0.1, 0.15) is 5.76 Å². The summed E-state index contributed by atoms with van der Waals surface area (Å²) in [5, 5.41) is 4.06. The molecule has 2 aromatic rings. The SMILES string of the molecule is CC1(c2ccccc2)OC(/C=C/c2ccsc2)=CC1=O. The molecule has 0 amide bonds. The van der Waals surface area contributed by atoms with Crippen molar-refractivity contribution < 1.29 is 9.53 Å². The first kappa shape index (κ1) is 12.9. The molecule has 0 N–H and O–H groups in total. The number of thiophene rings is 1. The van der Waals surface area contributed by atoms with Crippen LogP contribution in [0.25, 0.3) is 6.08 Å². The zero-order chi connectivity index (χ0) is 14.0. The minimum atomic E-state index is -0.907. The van der Waals surface area contributed by atoms with Crippen LogP contribution in [-0.2, 0) is 15.1 Å². The first-order valence-electron chi connectivity index (χ1n) is 6.39. The average Bonchev–Trinajstić information content (AvgIpc) is 3.07. The molecule has 1 atom stereocenters. The van der Waals surface area contributed by atoms with Crippen LogP contribution in [0.2, 0.25) is 0 Å². The summed E-state index contributed by atoms with van der Waals surface area (Å²) in [5.41, 5.74) is 1.08. The van der Waals surface area contributed by atoms with Crippen molar-refractivity contribution in [3.05, 3.63) is 76.2 Å². The van der Waals surface area contributed by atoms with Crippen molar-refractivity contribution in [2.45, 2.75) is 12.5 Å². The molecular weight excluding hydrogens is 268 g/mol. The average molecular weight is 282 g/mol. The minimum Gasteiger partial charge on any atom is -0.475 e. The first-order valence-corrected chi connectivity index (χ1v) is 7.34. The molecule has 2 nitrogen and oxygen atoms in total. The Hall–Kier alpha value is -2.13. The topological polar surface area (TPSA) is 26.3 Å². The van der Waals surface area contributed by atoms with Gasteiger partial charge < -0.3 is 4.74 Å². The Morgan fingerprint density at radius 1 is 1.15 bits per heavy atom. The van der Waals surface area contributed by atoms with Gasteiger partial charge in [0, 0.05) is 11.6 Å². The van der Waals surface area contributed by atoms with E-state index >= 15 is 0 Å². The molecule has 3 rings (SSSR count). The molecule has 0 bridgehead atoms. The summed E-state index contributed by atoms with van der Waals surface area (Å²) in [4.78, 5) is 12.2. The molecule has 0 spiro atoms. The smallest absolute Gasteiger partial charge is 0.207 e. The summed E-state index contributed by atoms with van der Waals surface area (Å²) in [6.07, 6.45) is 5.36. The van der Waals surface area contributed by atoms with E-state index in [0.29, 0.717) is 5.76 Å². The molecule has 1 aromatic heterocycles. The predicted octanol–water partition coefficient (Wildman–Crippen LogP) is 4.16. The number of rotatable bonds is 3. The molecule has 2 heterocycles. The summed E-state index contributed by atoms with van der Waals surface area (Å²) < 4.78 is 5.87. The van der Waals surface area contributed by atoms with E-state index in [2.05, 4.69) is 0 Å². The monoisotopic (exact) mass is 282 g/mol. The second-order valence-corrected chi connectivity index (χ2v) is 5.58. The zero-order valence-electron chi connectivity index (χ0n) is 11.1. The Morgan fingerprint density at radius 2 is 1.95 bits per heavy atom. The van der Waals surface area contributed by atoms with Gasteiger partial charge in [-0.2, -0.15) is 11.3 Å². The highest BCUT2D eigenvalue weighted by molar-refractivity contribution is 7.08. The second-order valence-electron chi connectivity index (χ2n) is 4.80. The fourth-order valence-corrected chi connectivity index (χ4v) is 2.80. The van der Waals surface area contributed by atoms with E-state index in [9.17, 15) is 4.79 Å². The van der Waals surface area contributed by atoms with E-state index in [1.54, 1.807) is 17.4 Å². The summed E-state index contributed by atoms with van der Waals surface area (Å²) in [6.45, 7) is 1.81. The number of hydrogen-bond acceptors (Lipinski definition) is 3. The van der Waals surface area contributed by atoms with Crippen molar-refractivity contribution in [1.82, 2.24) is 0 Å². The third-order valence-corrected chi connectivity index (χ3v) is 4.07. The van der Waals surface area contributed by atoms with Crippen molar-refractivity contribution >= 4 is 23.2 Å². The Labute approximate surface area is 122 Å². The van der Waals surface area contributed by atoms with Crippen molar-refractivity contribution in [2.75, 3.05) is 0 Å². The van der Waals surface area contributed by atoms with Gasteiger partial charge in [-0.3, -0.25) is 4.79 Å². The van der Waals surface area contributed by atoms with Crippen molar-refractivity contribution in [3.8, 4) is 0 Å². The number of carbonyl (C=O) groups excluding carboxylic acids is 1.